The Morgan fingerprint density at radius 1 is 1.53 bits per heavy atom. The molecule has 2 aromatic rings. The van der Waals surface area contributed by atoms with Crippen molar-refractivity contribution in [2.75, 3.05) is 12.8 Å². The average Bonchev–Trinajstić information content (AvgIpc) is 2.69. The molecule has 2 rings (SSSR count). The highest BCUT2D eigenvalue weighted by Crippen LogP contribution is 2.34. The number of benzene rings is 1. The number of phenols is 1. The second kappa shape index (κ2) is 5.31. The smallest absolute Gasteiger partial charge is 0.221 e. The van der Waals surface area contributed by atoms with Crippen molar-refractivity contribution in [1.82, 2.24) is 9.66 Å². The molecule has 0 spiro atoms. The van der Waals surface area contributed by atoms with E-state index in [9.17, 15) is 5.11 Å². The molecule has 6 nitrogen and oxygen atoms in total. The number of anilines is 1. The molecule has 0 radical (unpaired) electrons. The number of aryl methyl sites for hydroxylation is 1. The maximum absolute atomic E-state index is 9.70. The van der Waals surface area contributed by atoms with Crippen LogP contribution in [0.15, 0.2) is 27.9 Å². The Morgan fingerprint density at radius 3 is 2.84 bits per heavy atom. The third-order valence-corrected chi connectivity index (χ3v) is 3.04. The highest BCUT2D eigenvalue weighted by Gasteiger charge is 2.07. The van der Waals surface area contributed by atoms with Crippen molar-refractivity contribution in [3.63, 3.8) is 0 Å². The number of hydrogen-bond acceptors (Lipinski definition) is 5. The van der Waals surface area contributed by atoms with Crippen molar-refractivity contribution in [3.05, 3.63) is 34.1 Å². The summed E-state index contributed by atoms with van der Waals surface area (Å²) in [4.78, 5) is 4.04. The third-order valence-electron chi connectivity index (χ3n) is 2.44. The van der Waals surface area contributed by atoms with Gasteiger partial charge < -0.3 is 15.6 Å². The monoisotopic (exact) mass is 324 g/mol. The molecule has 0 amide bonds. The molecule has 1 heterocycles. The predicted octanol–water partition coefficient (Wildman–Crippen LogP) is 2.13. The number of rotatable bonds is 3. The van der Waals surface area contributed by atoms with Crippen molar-refractivity contribution in [2.45, 2.75) is 6.92 Å². The van der Waals surface area contributed by atoms with E-state index < -0.39 is 0 Å². The Morgan fingerprint density at radius 2 is 2.26 bits per heavy atom. The van der Waals surface area contributed by atoms with E-state index in [0.29, 0.717) is 16.2 Å². The number of hydrogen-bond donors (Lipinski definition) is 2. The zero-order chi connectivity index (χ0) is 14.0. The second-order valence-corrected chi connectivity index (χ2v) is 4.74. The van der Waals surface area contributed by atoms with E-state index in [1.54, 1.807) is 24.5 Å². The fourth-order valence-corrected chi connectivity index (χ4v) is 2.01. The SMILES string of the molecule is COc1cc(C=Nn2cc(C)nc2N)cc(Br)c1O. The van der Waals surface area contributed by atoms with Gasteiger partial charge in [0.25, 0.3) is 0 Å². The Hall–Kier alpha value is -2.02. The van der Waals surface area contributed by atoms with Crippen LogP contribution in [0.1, 0.15) is 11.3 Å². The van der Waals surface area contributed by atoms with Crippen molar-refractivity contribution in [2.24, 2.45) is 5.10 Å². The molecule has 1 aromatic heterocycles. The van der Waals surface area contributed by atoms with Gasteiger partial charge in [0, 0.05) is 0 Å². The van der Waals surface area contributed by atoms with E-state index in [1.807, 2.05) is 6.92 Å². The molecule has 0 aliphatic rings. The molecular weight excluding hydrogens is 312 g/mol. The van der Waals surface area contributed by atoms with Crippen LogP contribution in [0.4, 0.5) is 5.95 Å². The van der Waals surface area contributed by atoms with Crippen molar-refractivity contribution in [1.29, 1.82) is 0 Å². The van der Waals surface area contributed by atoms with E-state index in [4.69, 9.17) is 10.5 Å². The summed E-state index contributed by atoms with van der Waals surface area (Å²) in [6.45, 7) is 1.84. The Bertz CT molecular complexity index is 637. The van der Waals surface area contributed by atoms with Crippen LogP contribution in [-0.4, -0.2) is 28.1 Å². The molecule has 0 saturated carbocycles. The van der Waals surface area contributed by atoms with Gasteiger partial charge in [-0.15, -0.1) is 0 Å². The summed E-state index contributed by atoms with van der Waals surface area (Å²) in [6, 6.07) is 3.39. The molecule has 0 bridgehead atoms. The Labute approximate surface area is 118 Å². The number of aromatic hydroxyl groups is 1. The van der Waals surface area contributed by atoms with Gasteiger partial charge in [-0.05, 0) is 40.5 Å². The second-order valence-electron chi connectivity index (χ2n) is 3.88. The first-order valence-corrected chi connectivity index (χ1v) is 6.23. The lowest BCUT2D eigenvalue weighted by atomic mass is 10.2. The highest BCUT2D eigenvalue weighted by molar-refractivity contribution is 9.10. The number of methoxy groups -OCH3 is 1. The summed E-state index contributed by atoms with van der Waals surface area (Å²) in [5.41, 5.74) is 7.23. The lowest BCUT2D eigenvalue weighted by Crippen LogP contribution is -1.97. The number of nitrogens with two attached hydrogens (primary N) is 1. The molecule has 0 atom stereocenters. The van der Waals surface area contributed by atoms with Crippen molar-refractivity contribution in [3.8, 4) is 11.5 Å². The standard InChI is InChI=1S/C12H13BrN4O2/c1-7-6-17(12(14)16-7)15-5-8-3-9(13)11(18)10(4-8)19-2/h3-6,18H,1-2H3,(H2,14,16). The molecule has 0 aliphatic heterocycles. The van der Waals surface area contributed by atoms with E-state index in [2.05, 4.69) is 26.0 Å². The van der Waals surface area contributed by atoms with E-state index in [0.717, 1.165) is 11.3 Å². The van der Waals surface area contributed by atoms with Gasteiger partial charge in [-0.25, -0.2) is 9.66 Å². The Balaban J connectivity index is 2.33. The first kappa shape index (κ1) is 13.4. The van der Waals surface area contributed by atoms with Gasteiger partial charge in [-0.2, -0.15) is 5.10 Å². The van der Waals surface area contributed by atoms with E-state index in [-0.39, 0.29) is 5.75 Å². The minimum atomic E-state index is 0.0534. The van der Waals surface area contributed by atoms with Gasteiger partial charge in [0.05, 0.1) is 29.7 Å². The molecule has 0 fully saturated rings. The molecule has 0 unspecified atom stereocenters. The summed E-state index contributed by atoms with van der Waals surface area (Å²) < 4.78 is 7.07. The quantitative estimate of drug-likeness (QED) is 0.847. The zero-order valence-corrected chi connectivity index (χ0v) is 12.0. The molecule has 0 aliphatic carbocycles. The number of halogens is 1. The first-order valence-electron chi connectivity index (χ1n) is 5.43. The third kappa shape index (κ3) is 2.87. The van der Waals surface area contributed by atoms with Gasteiger partial charge in [0.1, 0.15) is 0 Å². The molecule has 3 N–H and O–H groups in total. The van der Waals surface area contributed by atoms with Crippen LogP contribution in [0, 0.1) is 6.92 Å². The molecule has 0 saturated heterocycles. The van der Waals surface area contributed by atoms with Crippen LogP contribution in [0.3, 0.4) is 0 Å². The fourth-order valence-electron chi connectivity index (χ4n) is 1.55. The van der Waals surface area contributed by atoms with Gasteiger partial charge in [0.15, 0.2) is 11.5 Å². The molecule has 7 heteroatoms. The molecule has 100 valence electrons. The minimum Gasteiger partial charge on any atom is -0.503 e. The van der Waals surface area contributed by atoms with E-state index in [1.165, 1.54) is 11.8 Å². The van der Waals surface area contributed by atoms with Crippen LogP contribution in [-0.2, 0) is 0 Å². The summed E-state index contributed by atoms with van der Waals surface area (Å²) >= 11 is 3.25. The normalized spacial score (nSPS) is 11.1. The largest absolute Gasteiger partial charge is 0.503 e. The van der Waals surface area contributed by atoms with Crippen molar-refractivity contribution < 1.29 is 9.84 Å². The first-order chi connectivity index (χ1) is 9.01. The zero-order valence-electron chi connectivity index (χ0n) is 10.5. The summed E-state index contributed by atoms with van der Waals surface area (Å²) in [7, 11) is 1.49. The van der Waals surface area contributed by atoms with Crippen molar-refractivity contribution >= 4 is 28.1 Å². The van der Waals surface area contributed by atoms with Crippen LogP contribution in [0.5, 0.6) is 11.5 Å². The molecular formula is C12H13BrN4O2. The maximum atomic E-state index is 9.70. The summed E-state index contributed by atoms with van der Waals surface area (Å²) in [5, 5.41) is 13.9. The number of nitrogens with zero attached hydrogens (tertiary/aromatic N) is 3. The lowest BCUT2D eigenvalue weighted by molar-refractivity contribution is 0.372. The number of phenolic OH excluding ortho intramolecular Hbond substituents is 1. The average molecular weight is 325 g/mol. The topological polar surface area (TPSA) is 85.7 Å². The van der Waals surface area contributed by atoms with Gasteiger partial charge in [0.2, 0.25) is 5.95 Å². The lowest BCUT2D eigenvalue weighted by Gasteiger charge is -2.06. The Kier molecular flexibility index (Phi) is 3.75. The van der Waals surface area contributed by atoms with Gasteiger partial charge in [-0.3, -0.25) is 0 Å². The minimum absolute atomic E-state index is 0.0534. The van der Waals surface area contributed by atoms with Gasteiger partial charge in [-0.1, -0.05) is 0 Å². The molecule has 1 aromatic carbocycles. The molecule has 19 heavy (non-hydrogen) atoms. The maximum Gasteiger partial charge on any atom is 0.221 e. The van der Waals surface area contributed by atoms with Crippen LogP contribution in [0.2, 0.25) is 0 Å². The number of aromatic nitrogens is 2. The van der Waals surface area contributed by atoms with Crippen LogP contribution >= 0.6 is 15.9 Å². The van der Waals surface area contributed by atoms with Gasteiger partial charge >= 0.3 is 0 Å². The number of nitrogen functional groups attached to an aromatic ring is 1. The van der Waals surface area contributed by atoms with Crippen LogP contribution in [0.25, 0.3) is 0 Å². The number of ether oxygens (including phenoxy) is 1. The number of imidazole rings is 1. The van der Waals surface area contributed by atoms with Crippen LogP contribution < -0.4 is 10.5 Å². The highest BCUT2D eigenvalue weighted by atomic mass is 79.9. The van der Waals surface area contributed by atoms with E-state index >= 15 is 0 Å². The summed E-state index contributed by atoms with van der Waals surface area (Å²) in [6.07, 6.45) is 3.32. The summed E-state index contributed by atoms with van der Waals surface area (Å²) in [5.74, 6) is 0.738. The predicted molar refractivity (Wildman–Crippen MR) is 76.7 cm³/mol. The fraction of sp³-hybridized carbons (Fsp3) is 0.167.